The first kappa shape index (κ1) is 14.0. The Labute approximate surface area is 116 Å². The first-order chi connectivity index (χ1) is 8.92. The van der Waals surface area contributed by atoms with Crippen LogP contribution in [0.3, 0.4) is 0 Å². The van der Waals surface area contributed by atoms with Crippen molar-refractivity contribution in [2.45, 2.75) is 24.6 Å². The van der Waals surface area contributed by atoms with Gasteiger partial charge in [-0.05, 0) is 37.6 Å². The highest BCUT2D eigenvalue weighted by atomic mass is 32.2. The zero-order valence-electron chi connectivity index (χ0n) is 10.7. The van der Waals surface area contributed by atoms with Crippen LogP contribution in [0.25, 0.3) is 0 Å². The maximum absolute atomic E-state index is 12.2. The summed E-state index contributed by atoms with van der Waals surface area (Å²) in [6, 6.07) is 5.07. The minimum atomic E-state index is -3.56. The van der Waals surface area contributed by atoms with E-state index in [1.807, 2.05) is 13.8 Å². The Bertz CT molecular complexity index is 676. The van der Waals surface area contributed by atoms with Crippen LogP contribution in [0.4, 0.5) is 5.69 Å². The Kier molecular flexibility index (Phi) is 3.88. The van der Waals surface area contributed by atoms with Gasteiger partial charge in [0, 0.05) is 17.1 Å². The van der Waals surface area contributed by atoms with E-state index in [1.165, 1.54) is 17.5 Å². The number of nitrogens with two attached hydrogens (primary N) is 1. The van der Waals surface area contributed by atoms with Crippen LogP contribution >= 0.6 is 11.3 Å². The number of sulfonamides is 1. The van der Waals surface area contributed by atoms with E-state index in [0.29, 0.717) is 12.2 Å². The standard InChI is InChI=1S/C12H15N3O2S2/c1-8-5-12(18-11(8)6-13)19(16,17)15-10-4-3-9(2)14-7-10/h3-5,7,15H,6,13H2,1-2H3. The topological polar surface area (TPSA) is 85.1 Å². The summed E-state index contributed by atoms with van der Waals surface area (Å²) in [6.45, 7) is 4.04. The van der Waals surface area contributed by atoms with Gasteiger partial charge in [-0.3, -0.25) is 9.71 Å². The zero-order valence-corrected chi connectivity index (χ0v) is 12.3. The number of nitrogens with one attached hydrogen (secondary N) is 1. The molecule has 0 aliphatic carbocycles. The van der Waals surface area contributed by atoms with Crippen molar-refractivity contribution >= 4 is 27.0 Å². The summed E-state index contributed by atoms with van der Waals surface area (Å²) in [5.41, 5.74) is 7.74. The van der Waals surface area contributed by atoms with Gasteiger partial charge < -0.3 is 5.73 Å². The highest BCUT2D eigenvalue weighted by molar-refractivity contribution is 7.94. The van der Waals surface area contributed by atoms with Crippen molar-refractivity contribution in [3.05, 3.63) is 40.5 Å². The Morgan fingerprint density at radius 1 is 1.37 bits per heavy atom. The third-order valence-corrected chi connectivity index (χ3v) is 5.73. The molecule has 2 aromatic heterocycles. The smallest absolute Gasteiger partial charge is 0.271 e. The Balaban J connectivity index is 2.29. The van der Waals surface area contributed by atoms with Crippen molar-refractivity contribution in [3.63, 3.8) is 0 Å². The molecule has 0 atom stereocenters. The number of nitrogens with zero attached hydrogens (tertiary/aromatic N) is 1. The molecule has 0 spiro atoms. The summed E-state index contributed by atoms with van der Waals surface area (Å²) in [5.74, 6) is 0. The number of aromatic nitrogens is 1. The molecule has 0 saturated carbocycles. The molecule has 19 heavy (non-hydrogen) atoms. The summed E-state index contributed by atoms with van der Waals surface area (Å²) >= 11 is 1.19. The molecule has 2 aromatic rings. The lowest BCUT2D eigenvalue weighted by Gasteiger charge is -2.05. The Hall–Kier alpha value is -1.44. The summed E-state index contributed by atoms with van der Waals surface area (Å²) in [6.07, 6.45) is 1.50. The van der Waals surface area contributed by atoms with Crippen LogP contribution in [-0.4, -0.2) is 13.4 Å². The number of pyridine rings is 1. The lowest BCUT2D eigenvalue weighted by molar-refractivity contribution is 0.603. The second kappa shape index (κ2) is 5.28. The summed E-state index contributed by atoms with van der Waals surface area (Å²) in [7, 11) is -3.56. The van der Waals surface area contributed by atoms with Gasteiger partial charge in [-0.1, -0.05) is 0 Å². The second-order valence-electron chi connectivity index (χ2n) is 4.17. The third-order valence-electron chi connectivity index (χ3n) is 2.61. The minimum Gasteiger partial charge on any atom is -0.326 e. The number of aryl methyl sites for hydroxylation is 2. The van der Waals surface area contributed by atoms with Gasteiger partial charge in [0.05, 0.1) is 11.9 Å². The number of hydrogen-bond acceptors (Lipinski definition) is 5. The molecular formula is C12H15N3O2S2. The highest BCUT2D eigenvalue weighted by Gasteiger charge is 2.18. The summed E-state index contributed by atoms with van der Waals surface area (Å²) < 4.78 is 27.2. The van der Waals surface area contributed by atoms with E-state index >= 15 is 0 Å². The molecule has 0 aromatic carbocycles. The van der Waals surface area contributed by atoms with Gasteiger partial charge in [-0.25, -0.2) is 8.42 Å². The molecule has 0 saturated heterocycles. The van der Waals surface area contributed by atoms with E-state index in [9.17, 15) is 8.42 Å². The first-order valence-corrected chi connectivity index (χ1v) is 7.97. The molecule has 0 fully saturated rings. The molecule has 7 heteroatoms. The van der Waals surface area contributed by atoms with E-state index in [2.05, 4.69) is 9.71 Å². The normalized spacial score (nSPS) is 11.5. The fraction of sp³-hybridized carbons (Fsp3) is 0.250. The number of hydrogen-bond donors (Lipinski definition) is 2. The monoisotopic (exact) mass is 297 g/mol. The lowest BCUT2D eigenvalue weighted by Crippen LogP contribution is -2.11. The summed E-state index contributed by atoms with van der Waals surface area (Å²) in [5, 5.41) is 0. The molecular weight excluding hydrogens is 282 g/mol. The predicted molar refractivity (Wildman–Crippen MR) is 76.7 cm³/mol. The SMILES string of the molecule is Cc1ccc(NS(=O)(=O)c2cc(C)c(CN)s2)cn1. The van der Waals surface area contributed by atoms with E-state index in [1.54, 1.807) is 18.2 Å². The number of rotatable bonds is 4. The highest BCUT2D eigenvalue weighted by Crippen LogP contribution is 2.27. The fourth-order valence-electron chi connectivity index (χ4n) is 1.56. The van der Waals surface area contributed by atoms with Crippen LogP contribution in [0.1, 0.15) is 16.1 Å². The molecule has 2 heterocycles. The number of thiophene rings is 1. The van der Waals surface area contributed by atoms with Crippen LogP contribution in [-0.2, 0) is 16.6 Å². The lowest BCUT2D eigenvalue weighted by atomic mass is 10.3. The molecule has 0 bridgehead atoms. The van der Waals surface area contributed by atoms with Gasteiger partial charge in [0.15, 0.2) is 0 Å². The van der Waals surface area contributed by atoms with E-state index in [4.69, 9.17) is 5.73 Å². The van der Waals surface area contributed by atoms with Crippen LogP contribution < -0.4 is 10.5 Å². The van der Waals surface area contributed by atoms with Gasteiger partial charge in [0.1, 0.15) is 4.21 Å². The quantitative estimate of drug-likeness (QED) is 0.904. The zero-order chi connectivity index (χ0) is 14.0. The molecule has 0 radical (unpaired) electrons. The Morgan fingerprint density at radius 2 is 2.11 bits per heavy atom. The van der Waals surface area contributed by atoms with Gasteiger partial charge in [-0.2, -0.15) is 0 Å². The van der Waals surface area contributed by atoms with Crippen LogP contribution in [0.2, 0.25) is 0 Å². The largest absolute Gasteiger partial charge is 0.326 e. The maximum Gasteiger partial charge on any atom is 0.271 e. The van der Waals surface area contributed by atoms with Gasteiger partial charge in [0.2, 0.25) is 0 Å². The maximum atomic E-state index is 12.2. The van der Waals surface area contributed by atoms with E-state index in [0.717, 1.165) is 16.1 Å². The third kappa shape index (κ3) is 3.12. The Morgan fingerprint density at radius 3 is 2.63 bits per heavy atom. The van der Waals surface area contributed by atoms with Crippen molar-refractivity contribution in [1.82, 2.24) is 4.98 Å². The van der Waals surface area contributed by atoms with E-state index < -0.39 is 10.0 Å². The van der Waals surface area contributed by atoms with Crippen LogP contribution in [0, 0.1) is 13.8 Å². The molecule has 102 valence electrons. The molecule has 0 unspecified atom stereocenters. The van der Waals surface area contributed by atoms with E-state index in [-0.39, 0.29) is 4.21 Å². The minimum absolute atomic E-state index is 0.269. The number of anilines is 1. The van der Waals surface area contributed by atoms with Crippen molar-refractivity contribution in [3.8, 4) is 0 Å². The summed E-state index contributed by atoms with van der Waals surface area (Å²) in [4.78, 5) is 4.93. The fourth-order valence-corrected chi connectivity index (χ4v) is 4.07. The first-order valence-electron chi connectivity index (χ1n) is 5.67. The second-order valence-corrected chi connectivity index (χ2v) is 7.22. The predicted octanol–water partition coefficient (Wildman–Crippen LogP) is 2.02. The van der Waals surface area contributed by atoms with Gasteiger partial charge >= 0.3 is 0 Å². The average molecular weight is 297 g/mol. The molecule has 0 amide bonds. The average Bonchev–Trinajstić information content (AvgIpc) is 2.74. The van der Waals surface area contributed by atoms with Crippen LogP contribution in [0.5, 0.6) is 0 Å². The van der Waals surface area contributed by atoms with Crippen molar-refractivity contribution in [2.24, 2.45) is 5.73 Å². The molecule has 2 rings (SSSR count). The van der Waals surface area contributed by atoms with Crippen LogP contribution in [0.15, 0.2) is 28.6 Å². The molecule has 0 aliphatic heterocycles. The van der Waals surface area contributed by atoms with Crippen molar-refractivity contribution in [2.75, 3.05) is 4.72 Å². The molecule has 3 N–H and O–H groups in total. The molecule has 0 aliphatic rings. The van der Waals surface area contributed by atoms with Gasteiger partial charge in [-0.15, -0.1) is 11.3 Å². The van der Waals surface area contributed by atoms with Crippen molar-refractivity contribution in [1.29, 1.82) is 0 Å². The van der Waals surface area contributed by atoms with Crippen molar-refractivity contribution < 1.29 is 8.42 Å². The van der Waals surface area contributed by atoms with Gasteiger partial charge in [0.25, 0.3) is 10.0 Å². The molecule has 5 nitrogen and oxygen atoms in total.